The summed E-state index contributed by atoms with van der Waals surface area (Å²) in [6.07, 6.45) is 4.75. The van der Waals surface area contributed by atoms with Crippen molar-refractivity contribution in [3.05, 3.63) is 11.4 Å². The van der Waals surface area contributed by atoms with Gasteiger partial charge >= 0.3 is 0 Å². The summed E-state index contributed by atoms with van der Waals surface area (Å²) in [6.45, 7) is 5.15. The van der Waals surface area contributed by atoms with Crippen LogP contribution in [0, 0.1) is 5.92 Å². The van der Waals surface area contributed by atoms with Gasteiger partial charge in [0, 0.05) is 38.3 Å². The maximum atomic E-state index is 4.97. The number of nitrogens with one attached hydrogen (secondary N) is 4. The highest BCUT2D eigenvalue weighted by atomic mass is 32.1. The van der Waals surface area contributed by atoms with Crippen LogP contribution in [0.2, 0.25) is 0 Å². The van der Waals surface area contributed by atoms with Gasteiger partial charge in [0.1, 0.15) is 5.82 Å². The van der Waals surface area contributed by atoms with E-state index in [1.807, 2.05) is 0 Å². The molecule has 1 saturated carbocycles. The van der Waals surface area contributed by atoms with Crippen molar-refractivity contribution in [1.82, 2.24) is 26.1 Å². The summed E-state index contributed by atoms with van der Waals surface area (Å²) in [6, 6.07) is 3.26. The second kappa shape index (κ2) is 7.26. The Bertz CT molecular complexity index is 755. The zero-order valence-electron chi connectivity index (χ0n) is 15.0. The zero-order chi connectivity index (χ0) is 17.3. The van der Waals surface area contributed by atoms with Gasteiger partial charge in [0.05, 0.1) is 10.2 Å². The fourth-order valence-electron chi connectivity index (χ4n) is 4.46. The van der Waals surface area contributed by atoms with Crippen molar-refractivity contribution in [3.63, 3.8) is 0 Å². The van der Waals surface area contributed by atoms with Crippen LogP contribution in [-0.2, 0) is 0 Å². The molecule has 26 heavy (non-hydrogen) atoms. The van der Waals surface area contributed by atoms with Crippen LogP contribution >= 0.6 is 11.3 Å². The molecular weight excluding hydrogens is 346 g/mol. The van der Waals surface area contributed by atoms with Crippen molar-refractivity contribution in [2.75, 3.05) is 42.9 Å². The average Bonchev–Trinajstić information content (AvgIpc) is 3.24. The van der Waals surface area contributed by atoms with Crippen molar-refractivity contribution in [2.45, 2.75) is 37.8 Å². The second-order valence-electron chi connectivity index (χ2n) is 7.64. The molecule has 4 heterocycles. The van der Waals surface area contributed by atoms with E-state index in [1.165, 1.54) is 24.0 Å². The topological polar surface area (TPSA) is 77.1 Å². The minimum Gasteiger partial charge on any atom is -0.366 e. The summed E-state index contributed by atoms with van der Waals surface area (Å²) in [5.41, 5.74) is 7.80. The molecule has 2 aliphatic heterocycles. The lowest BCUT2D eigenvalue weighted by atomic mass is 9.83. The summed E-state index contributed by atoms with van der Waals surface area (Å²) < 4.78 is 1.19. The Labute approximate surface area is 157 Å². The molecule has 5 rings (SSSR count). The first-order valence-electron chi connectivity index (χ1n) is 9.82. The zero-order valence-corrected chi connectivity index (χ0v) is 15.8. The average molecular weight is 374 g/mol. The lowest BCUT2D eigenvalue weighted by Gasteiger charge is -2.32. The van der Waals surface area contributed by atoms with E-state index < -0.39 is 0 Å². The van der Waals surface area contributed by atoms with Gasteiger partial charge in [-0.05, 0) is 49.6 Å². The van der Waals surface area contributed by atoms with Crippen molar-refractivity contribution in [1.29, 1.82) is 0 Å². The first kappa shape index (κ1) is 16.7. The number of aromatic nitrogens is 2. The van der Waals surface area contributed by atoms with Crippen LogP contribution in [0.25, 0.3) is 10.2 Å². The lowest BCUT2D eigenvalue weighted by molar-refractivity contribution is 0.314. The van der Waals surface area contributed by atoms with Crippen molar-refractivity contribution in [2.24, 2.45) is 5.92 Å². The Morgan fingerprint density at radius 3 is 3.19 bits per heavy atom. The molecule has 140 valence electrons. The highest BCUT2D eigenvalue weighted by Crippen LogP contribution is 2.33. The van der Waals surface area contributed by atoms with Crippen LogP contribution in [0.15, 0.2) is 11.4 Å². The first-order chi connectivity index (χ1) is 12.9. The number of hydrazine groups is 1. The molecule has 2 aromatic rings. The molecule has 0 radical (unpaired) electrons. The summed E-state index contributed by atoms with van der Waals surface area (Å²) >= 11 is 1.74. The van der Waals surface area contributed by atoms with E-state index in [2.05, 4.69) is 37.8 Å². The van der Waals surface area contributed by atoms with Crippen LogP contribution in [0.1, 0.15) is 25.7 Å². The largest absolute Gasteiger partial charge is 0.366 e. The summed E-state index contributed by atoms with van der Waals surface area (Å²) in [4.78, 5) is 12.1. The van der Waals surface area contributed by atoms with E-state index in [-0.39, 0.29) is 0 Å². The van der Waals surface area contributed by atoms with E-state index in [9.17, 15) is 0 Å². The minimum absolute atomic E-state index is 0.497. The van der Waals surface area contributed by atoms with Gasteiger partial charge in [-0.15, -0.1) is 11.3 Å². The second-order valence-corrected chi connectivity index (χ2v) is 8.56. The van der Waals surface area contributed by atoms with E-state index in [1.54, 1.807) is 11.3 Å². The molecule has 4 N–H and O–H groups in total. The summed E-state index contributed by atoms with van der Waals surface area (Å²) in [5, 5.41) is 9.36. The molecule has 0 spiro atoms. The fraction of sp³-hybridized carbons (Fsp3) is 0.667. The summed E-state index contributed by atoms with van der Waals surface area (Å²) in [7, 11) is 0. The first-order valence-corrected chi connectivity index (χ1v) is 10.7. The standard InChI is InChI=1S/C18H27N7S/c1-5-19-6-8-25(7-1)18-22-15-4-9-26-16(15)17(23-18)21-13-2-3-14-12(10-13)11-20-24-14/h4,9,12-14,19-20,24H,1-3,5-8,10-11H2,(H,21,22,23). The molecule has 3 unspecified atom stereocenters. The maximum absolute atomic E-state index is 4.97. The SMILES string of the molecule is c1cc2nc(N3CCCNCC3)nc(NC3CCC4NNCC4C3)c2s1. The Balaban J connectivity index is 1.40. The third kappa shape index (κ3) is 3.26. The highest BCUT2D eigenvalue weighted by molar-refractivity contribution is 7.17. The van der Waals surface area contributed by atoms with Gasteiger partial charge in [-0.1, -0.05) is 0 Å². The van der Waals surface area contributed by atoms with Gasteiger partial charge in [-0.3, -0.25) is 10.9 Å². The normalized spacial score (nSPS) is 29.5. The van der Waals surface area contributed by atoms with Gasteiger partial charge in [-0.25, -0.2) is 4.98 Å². The van der Waals surface area contributed by atoms with E-state index >= 15 is 0 Å². The molecule has 0 amide bonds. The smallest absolute Gasteiger partial charge is 0.227 e. The molecule has 7 nitrogen and oxygen atoms in total. The van der Waals surface area contributed by atoms with Crippen LogP contribution in [0.5, 0.6) is 0 Å². The lowest BCUT2D eigenvalue weighted by Crippen LogP contribution is -2.39. The number of fused-ring (bicyclic) bond motifs is 2. The number of thiophene rings is 1. The van der Waals surface area contributed by atoms with Crippen LogP contribution in [0.3, 0.4) is 0 Å². The van der Waals surface area contributed by atoms with Gasteiger partial charge in [-0.2, -0.15) is 4.98 Å². The van der Waals surface area contributed by atoms with Gasteiger partial charge in [0.25, 0.3) is 0 Å². The number of hydrogen-bond acceptors (Lipinski definition) is 8. The Morgan fingerprint density at radius 1 is 1.19 bits per heavy atom. The highest BCUT2D eigenvalue weighted by Gasteiger charge is 2.34. The molecule has 3 aliphatic rings. The Hall–Kier alpha value is -1.48. The van der Waals surface area contributed by atoms with Gasteiger partial charge < -0.3 is 15.5 Å². The van der Waals surface area contributed by atoms with E-state index in [0.717, 1.165) is 62.3 Å². The van der Waals surface area contributed by atoms with Crippen LogP contribution in [-0.4, -0.2) is 54.8 Å². The quantitative estimate of drug-likeness (QED) is 0.650. The number of hydrogen-bond donors (Lipinski definition) is 4. The molecule has 3 fully saturated rings. The minimum atomic E-state index is 0.497. The predicted octanol–water partition coefficient (Wildman–Crippen LogP) is 1.55. The van der Waals surface area contributed by atoms with Crippen LogP contribution in [0.4, 0.5) is 11.8 Å². The molecular formula is C18H27N7S. The fourth-order valence-corrected chi connectivity index (χ4v) is 5.25. The molecule has 2 saturated heterocycles. The van der Waals surface area contributed by atoms with E-state index in [0.29, 0.717) is 12.1 Å². The van der Waals surface area contributed by atoms with Crippen molar-refractivity contribution >= 4 is 33.3 Å². The Morgan fingerprint density at radius 2 is 2.19 bits per heavy atom. The molecule has 0 bridgehead atoms. The Kier molecular flexibility index (Phi) is 4.66. The van der Waals surface area contributed by atoms with E-state index in [4.69, 9.17) is 9.97 Å². The number of nitrogens with zero attached hydrogens (tertiary/aromatic N) is 3. The molecule has 8 heteroatoms. The number of rotatable bonds is 3. The molecule has 1 aliphatic carbocycles. The maximum Gasteiger partial charge on any atom is 0.227 e. The van der Waals surface area contributed by atoms with Crippen LogP contribution < -0.4 is 26.4 Å². The van der Waals surface area contributed by atoms with Gasteiger partial charge in [0.15, 0.2) is 0 Å². The monoisotopic (exact) mass is 373 g/mol. The molecule has 3 atom stereocenters. The van der Waals surface area contributed by atoms with Crippen molar-refractivity contribution < 1.29 is 0 Å². The molecule has 0 aromatic carbocycles. The van der Waals surface area contributed by atoms with Crippen molar-refractivity contribution in [3.8, 4) is 0 Å². The third-order valence-corrected chi connectivity index (χ3v) is 6.80. The molecule has 2 aromatic heterocycles. The third-order valence-electron chi connectivity index (χ3n) is 5.89. The predicted molar refractivity (Wildman–Crippen MR) is 107 cm³/mol. The number of anilines is 2. The van der Waals surface area contributed by atoms with Gasteiger partial charge in [0.2, 0.25) is 5.95 Å². The summed E-state index contributed by atoms with van der Waals surface area (Å²) in [5.74, 6) is 2.62.